The van der Waals surface area contributed by atoms with Crippen molar-refractivity contribution in [1.29, 1.82) is 0 Å². The summed E-state index contributed by atoms with van der Waals surface area (Å²) in [7, 11) is 1.61. The summed E-state index contributed by atoms with van der Waals surface area (Å²) in [6, 6.07) is 13.5. The Bertz CT molecular complexity index is 939. The van der Waals surface area contributed by atoms with Crippen molar-refractivity contribution in [2.24, 2.45) is 0 Å². The Morgan fingerprint density at radius 2 is 1.70 bits per heavy atom. The number of benzene rings is 2. The molecule has 2 aliphatic heterocycles. The molecule has 27 heavy (non-hydrogen) atoms. The maximum Gasteiger partial charge on any atom is 0.336 e. The molecule has 2 aromatic rings. The van der Waals surface area contributed by atoms with E-state index in [4.69, 9.17) is 9.47 Å². The zero-order valence-corrected chi connectivity index (χ0v) is 15.6. The van der Waals surface area contributed by atoms with Crippen molar-refractivity contribution in [2.45, 2.75) is 26.2 Å². The van der Waals surface area contributed by atoms with Crippen LogP contribution in [0.1, 0.15) is 29.0 Å². The molecule has 1 atom stereocenters. The molecule has 4 rings (SSSR count). The number of nitrogens with zero attached hydrogens (tertiary/aromatic N) is 1. The molecule has 0 fully saturated rings. The molecule has 0 spiro atoms. The van der Waals surface area contributed by atoms with Crippen molar-refractivity contribution in [3.63, 3.8) is 0 Å². The van der Waals surface area contributed by atoms with Crippen LogP contribution in [0.25, 0.3) is 0 Å². The number of rotatable bonds is 3. The first-order chi connectivity index (χ1) is 13.0. The van der Waals surface area contributed by atoms with Crippen LogP contribution in [0.4, 0.5) is 5.69 Å². The number of esters is 1. The number of carbonyl (C=O) groups is 2. The third-order valence-corrected chi connectivity index (χ3v) is 5.10. The Morgan fingerprint density at radius 1 is 1.04 bits per heavy atom. The topological polar surface area (TPSA) is 55.8 Å². The van der Waals surface area contributed by atoms with Gasteiger partial charge in [0, 0.05) is 18.0 Å². The van der Waals surface area contributed by atoms with Gasteiger partial charge in [-0.3, -0.25) is 9.69 Å². The molecule has 0 aliphatic carbocycles. The van der Waals surface area contributed by atoms with Gasteiger partial charge >= 0.3 is 5.97 Å². The molecule has 0 N–H and O–H groups in total. The second-order valence-electron chi connectivity index (χ2n) is 7.04. The van der Waals surface area contributed by atoms with Crippen LogP contribution in [0.3, 0.4) is 0 Å². The van der Waals surface area contributed by atoms with Crippen LogP contribution in [-0.4, -0.2) is 25.6 Å². The summed E-state index contributed by atoms with van der Waals surface area (Å²) < 4.78 is 10.5. The SMILES string of the molecule is COc1ccc([C@H]2CC(=O)N(c3cc(C)cc(C)c3)C3=C2C(=O)OC3)cc1. The quantitative estimate of drug-likeness (QED) is 0.781. The predicted molar refractivity (Wildman–Crippen MR) is 102 cm³/mol. The second kappa shape index (κ2) is 6.58. The number of carbonyl (C=O) groups excluding carboxylic acids is 2. The smallest absolute Gasteiger partial charge is 0.336 e. The van der Waals surface area contributed by atoms with Crippen molar-refractivity contribution in [2.75, 3.05) is 18.6 Å². The Balaban J connectivity index is 1.81. The molecule has 0 bridgehead atoms. The van der Waals surface area contributed by atoms with Gasteiger partial charge in [0.2, 0.25) is 5.91 Å². The first-order valence-corrected chi connectivity index (χ1v) is 8.93. The molecule has 138 valence electrons. The van der Waals surface area contributed by atoms with E-state index in [9.17, 15) is 9.59 Å². The summed E-state index contributed by atoms with van der Waals surface area (Å²) in [6.07, 6.45) is 0.229. The minimum Gasteiger partial charge on any atom is -0.497 e. The summed E-state index contributed by atoms with van der Waals surface area (Å²) in [5.74, 6) is 0.0714. The third kappa shape index (κ3) is 2.99. The highest BCUT2D eigenvalue weighted by Crippen LogP contribution is 2.42. The average Bonchev–Trinajstić information content (AvgIpc) is 3.02. The van der Waals surface area contributed by atoms with Gasteiger partial charge < -0.3 is 9.47 Å². The molecular weight excluding hydrogens is 342 g/mol. The molecule has 0 saturated carbocycles. The number of cyclic esters (lactones) is 1. The lowest BCUT2D eigenvalue weighted by atomic mass is 9.84. The first-order valence-electron chi connectivity index (χ1n) is 8.93. The van der Waals surface area contributed by atoms with E-state index >= 15 is 0 Å². The van der Waals surface area contributed by atoms with E-state index in [1.807, 2.05) is 50.2 Å². The molecule has 2 aromatic carbocycles. The van der Waals surface area contributed by atoms with Gasteiger partial charge in [0.25, 0.3) is 0 Å². The zero-order valence-electron chi connectivity index (χ0n) is 15.6. The molecule has 0 aromatic heterocycles. The van der Waals surface area contributed by atoms with Crippen LogP contribution in [0.5, 0.6) is 5.75 Å². The van der Waals surface area contributed by atoms with Crippen molar-refractivity contribution in [3.05, 3.63) is 70.4 Å². The molecule has 5 nitrogen and oxygen atoms in total. The highest BCUT2D eigenvalue weighted by molar-refractivity contribution is 6.06. The number of methoxy groups -OCH3 is 1. The lowest BCUT2D eigenvalue weighted by molar-refractivity contribution is -0.136. The fourth-order valence-electron chi connectivity index (χ4n) is 3.95. The minimum absolute atomic E-state index is 0.0298. The first kappa shape index (κ1) is 17.3. The molecular formula is C22H21NO4. The summed E-state index contributed by atoms with van der Waals surface area (Å²) in [6.45, 7) is 4.12. The van der Waals surface area contributed by atoms with E-state index in [1.54, 1.807) is 12.0 Å². The number of anilines is 1. The van der Waals surface area contributed by atoms with Crippen molar-refractivity contribution >= 4 is 17.6 Å². The number of ether oxygens (including phenoxy) is 2. The summed E-state index contributed by atoms with van der Waals surface area (Å²) in [5, 5.41) is 0. The molecule has 1 amide bonds. The Kier molecular flexibility index (Phi) is 4.22. The predicted octanol–water partition coefficient (Wildman–Crippen LogP) is 3.64. The van der Waals surface area contributed by atoms with E-state index < -0.39 is 0 Å². The van der Waals surface area contributed by atoms with Crippen LogP contribution >= 0.6 is 0 Å². The van der Waals surface area contributed by atoms with Gasteiger partial charge in [-0.25, -0.2) is 4.79 Å². The Morgan fingerprint density at radius 3 is 2.33 bits per heavy atom. The van der Waals surface area contributed by atoms with Crippen molar-refractivity contribution in [1.82, 2.24) is 0 Å². The fourth-order valence-corrected chi connectivity index (χ4v) is 3.95. The molecule has 0 radical (unpaired) electrons. The number of hydrogen-bond donors (Lipinski definition) is 0. The number of aryl methyl sites for hydroxylation is 2. The van der Waals surface area contributed by atoms with Gasteiger partial charge in [-0.1, -0.05) is 18.2 Å². The zero-order chi connectivity index (χ0) is 19.1. The highest BCUT2D eigenvalue weighted by Gasteiger charge is 2.43. The normalized spacial score (nSPS) is 19.2. The molecule has 5 heteroatoms. The molecule has 2 aliphatic rings. The van der Waals surface area contributed by atoms with Crippen LogP contribution in [0.2, 0.25) is 0 Å². The molecule has 2 heterocycles. The highest BCUT2D eigenvalue weighted by atomic mass is 16.5. The largest absolute Gasteiger partial charge is 0.497 e. The summed E-state index contributed by atoms with van der Waals surface area (Å²) >= 11 is 0. The van der Waals surface area contributed by atoms with E-state index in [2.05, 4.69) is 6.07 Å². The lowest BCUT2D eigenvalue weighted by Crippen LogP contribution is -2.37. The van der Waals surface area contributed by atoms with Gasteiger partial charge in [-0.15, -0.1) is 0 Å². The lowest BCUT2D eigenvalue weighted by Gasteiger charge is -2.32. The Hall–Kier alpha value is -3.08. The van der Waals surface area contributed by atoms with E-state index in [-0.39, 0.29) is 30.8 Å². The van der Waals surface area contributed by atoms with Crippen molar-refractivity contribution in [3.8, 4) is 5.75 Å². The third-order valence-electron chi connectivity index (χ3n) is 5.10. The van der Waals surface area contributed by atoms with Gasteiger partial charge in [0.15, 0.2) is 0 Å². The van der Waals surface area contributed by atoms with Gasteiger partial charge in [0.1, 0.15) is 12.4 Å². The van der Waals surface area contributed by atoms with Crippen LogP contribution in [-0.2, 0) is 14.3 Å². The van der Waals surface area contributed by atoms with Gasteiger partial charge in [0.05, 0.1) is 18.4 Å². The van der Waals surface area contributed by atoms with Crippen LogP contribution in [0, 0.1) is 13.8 Å². The Labute approximate surface area is 158 Å². The maximum absolute atomic E-state index is 13.1. The van der Waals surface area contributed by atoms with Gasteiger partial charge in [-0.05, 0) is 54.8 Å². The van der Waals surface area contributed by atoms with Crippen LogP contribution in [0.15, 0.2) is 53.7 Å². The van der Waals surface area contributed by atoms with E-state index in [1.165, 1.54) is 0 Å². The van der Waals surface area contributed by atoms with E-state index in [0.717, 1.165) is 28.1 Å². The van der Waals surface area contributed by atoms with E-state index in [0.29, 0.717) is 11.3 Å². The summed E-state index contributed by atoms with van der Waals surface area (Å²) in [5.41, 5.74) is 5.08. The summed E-state index contributed by atoms with van der Waals surface area (Å²) in [4.78, 5) is 27.2. The van der Waals surface area contributed by atoms with Crippen molar-refractivity contribution < 1.29 is 19.1 Å². The monoisotopic (exact) mass is 363 g/mol. The fraction of sp³-hybridized carbons (Fsp3) is 0.273. The number of amides is 1. The maximum atomic E-state index is 13.1. The minimum atomic E-state index is -0.340. The second-order valence-corrected chi connectivity index (χ2v) is 7.04. The van der Waals surface area contributed by atoms with Crippen LogP contribution < -0.4 is 9.64 Å². The number of hydrogen-bond acceptors (Lipinski definition) is 4. The average molecular weight is 363 g/mol. The standard InChI is InChI=1S/C22H21NO4/c1-13-8-14(2)10-16(9-13)23-19-12-27-22(25)21(19)18(11-20(23)24)15-4-6-17(26-3)7-5-15/h4-10,18H,11-12H2,1-3H3/t18-/m1/s1. The molecule has 0 saturated heterocycles. The molecule has 0 unspecified atom stereocenters. The van der Waals surface area contributed by atoms with Gasteiger partial charge in [-0.2, -0.15) is 0 Å².